The maximum Gasteiger partial charge on any atom is 0.413 e. The van der Waals surface area contributed by atoms with Crippen molar-refractivity contribution in [2.24, 2.45) is 0 Å². The van der Waals surface area contributed by atoms with Crippen molar-refractivity contribution in [2.75, 3.05) is 32.3 Å². The van der Waals surface area contributed by atoms with Crippen LogP contribution >= 0.6 is 0 Å². The first-order valence-corrected chi connectivity index (χ1v) is 4.93. The highest BCUT2D eigenvalue weighted by molar-refractivity contribution is 5.87. The summed E-state index contributed by atoms with van der Waals surface area (Å²) >= 11 is 0. The van der Waals surface area contributed by atoms with Gasteiger partial charge in [0, 0.05) is 13.1 Å². The van der Waals surface area contributed by atoms with E-state index in [-0.39, 0.29) is 0 Å². The third-order valence-corrected chi connectivity index (χ3v) is 2.36. The number of benzene rings is 1. The van der Waals surface area contributed by atoms with E-state index in [1.807, 2.05) is 0 Å². The maximum absolute atomic E-state index is 11.3. The maximum atomic E-state index is 11.3. The summed E-state index contributed by atoms with van der Waals surface area (Å²) in [5, 5.41) is 0. The van der Waals surface area contributed by atoms with Crippen LogP contribution in [-0.2, 0) is 4.74 Å². The molecule has 0 atom stereocenters. The van der Waals surface area contributed by atoms with Crippen LogP contribution in [0.5, 0.6) is 11.5 Å². The summed E-state index contributed by atoms with van der Waals surface area (Å²) in [6.07, 6.45) is -0.420. The molecule has 0 spiro atoms. The van der Waals surface area contributed by atoms with Crippen molar-refractivity contribution in [3.63, 3.8) is 0 Å². The van der Waals surface area contributed by atoms with E-state index in [1.165, 1.54) is 12.0 Å². The van der Waals surface area contributed by atoms with Crippen LogP contribution in [0.25, 0.3) is 0 Å². The molecule has 0 saturated heterocycles. The number of carbonyl (C=O) groups is 1. The van der Waals surface area contributed by atoms with Crippen molar-refractivity contribution in [1.29, 1.82) is 0 Å². The summed E-state index contributed by atoms with van der Waals surface area (Å²) in [6.45, 7) is 1.08. The number of anilines is 1. The molecule has 0 aromatic heterocycles. The molecule has 2 rings (SSSR count). The highest BCUT2D eigenvalue weighted by Crippen LogP contribution is 2.33. The molecule has 1 aliphatic heterocycles. The van der Waals surface area contributed by atoms with Gasteiger partial charge in [-0.1, -0.05) is 0 Å². The van der Waals surface area contributed by atoms with Crippen molar-refractivity contribution in [1.82, 2.24) is 0 Å². The fourth-order valence-corrected chi connectivity index (χ4v) is 1.48. The highest BCUT2D eigenvalue weighted by Gasteiger charge is 2.16. The summed E-state index contributed by atoms with van der Waals surface area (Å²) in [6, 6.07) is 5.32. The molecule has 1 aromatic rings. The molecule has 86 valence electrons. The lowest BCUT2D eigenvalue weighted by molar-refractivity contribution is 0.171. The zero-order valence-electron chi connectivity index (χ0n) is 9.23. The molecule has 0 aliphatic carbocycles. The number of fused-ring (bicyclic) bond motifs is 1. The van der Waals surface area contributed by atoms with Crippen molar-refractivity contribution >= 4 is 11.8 Å². The summed E-state index contributed by atoms with van der Waals surface area (Å²) < 4.78 is 15.4. The second-order valence-corrected chi connectivity index (χ2v) is 3.36. The Kier molecular flexibility index (Phi) is 2.85. The van der Waals surface area contributed by atoms with Gasteiger partial charge >= 0.3 is 6.09 Å². The molecule has 5 nitrogen and oxygen atoms in total. The van der Waals surface area contributed by atoms with E-state index in [0.29, 0.717) is 30.4 Å². The Balaban J connectivity index is 2.26. The van der Waals surface area contributed by atoms with Crippen molar-refractivity contribution in [2.45, 2.75) is 0 Å². The van der Waals surface area contributed by atoms with Gasteiger partial charge in [-0.25, -0.2) is 4.79 Å². The Hall–Kier alpha value is -1.91. The predicted molar refractivity (Wildman–Crippen MR) is 58.2 cm³/mol. The van der Waals surface area contributed by atoms with Crippen molar-refractivity contribution in [3.8, 4) is 11.5 Å². The van der Waals surface area contributed by atoms with Crippen LogP contribution in [-0.4, -0.2) is 33.5 Å². The van der Waals surface area contributed by atoms with Crippen LogP contribution in [0.2, 0.25) is 0 Å². The predicted octanol–water partition coefficient (Wildman–Crippen LogP) is 1.66. The minimum atomic E-state index is -0.420. The third-order valence-electron chi connectivity index (χ3n) is 2.36. The summed E-state index contributed by atoms with van der Waals surface area (Å²) in [5.41, 5.74) is 0.705. The van der Waals surface area contributed by atoms with Crippen LogP contribution in [0.1, 0.15) is 0 Å². The first-order valence-electron chi connectivity index (χ1n) is 4.93. The van der Waals surface area contributed by atoms with Gasteiger partial charge in [-0.3, -0.25) is 4.90 Å². The van der Waals surface area contributed by atoms with Crippen LogP contribution < -0.4 is 14.4 Å². The van der Waals surface area contributed by atoms with Crippen molar-refractivity contribution in [3.05, 3.63) is 18.2 Å². The minimum absolute atomic E-state index is 0.420. The van der Waals surface area contributed by atoms with Gasteiger partial charge in [0.1, 0.15) is 13.2 Å². The van der Waals surface area contributed by atoms with Gasteiger partial charge in [-0.2, -0.15) is 0 Å². The lowest BCUT2D eigenvalue weighted by atomic mass is 10.2. The molecule has 0 N–H and O–H groups in total. The summed E-state index contributed by atoms with van der Waals surface area (Å²) in [5.74, 6) is 1.35. The normalized spacial score (nSPS) is 13.1. The van der Waals surface area contributed by atoms with Crippen LogP contribution in [0, 0.1) is 0 Å². The molecule has 0 radical (unpaired) electrons. The van der Waals surface area contributed by atoms with E-state index in [1.54, 1.807) is 25.2 Å². The van der Waals surface area contributed by atoms with Gasteiger partial charge in [-0.05, 0) is 12.1 Å². The Bertz CT molecular complexity index is 405. The summed E-state index contributed by atoms with van der Waals surface area (Å²) in [4.78, 5) is 12.7. The zero-order valence-corrected chi connectivity index (χ0v) is 9.23. The van der Waals surface area contributed by atoms with Crippen LogP contribution in [0.3, 0.4) is 0 Å². The third kappa shape index (κ3) is 1.88. The lowest BCUT2D eigenvalue weighted by Gasteiger charge is -2.21. The SMILES string of the molecule is COC(=O)N(C)c1ccc2c(c1)OCCO2. The van der Waals surface area contributed by atoms with Crippen molar-refractivity contribution < 1.29 is 19.0 Å². The van der Waals surface area contributed by atoms with Gasteiger partial charge < -0.3 is 14.2 Å². The molecule has 0 saturated carbocycles. The van der Waals surface area contributed by atoms with Crippen LogP contribution in [0.15, 0.2) is 18.2 Å². The van der Waals surface area contributed by atoms with E-state index in [0.717, 1.165) is 0 Å². The number of carbonyl (C=O) groups excluding carboxylic acids is 1. The first-order chi connectivity index (χ1) is 7.72. The van der Waals surface area contributed by atoms with Gasteiger partial charge in [0.15, 0.2) is 11.5 Å². The number of rotatable bonds is 1. The van der Waals surface area contributed by atoms with E-state index >= 15 is 0 Å². The molecule has 1 heterocycles. The number of hydrogen-bond acceptors (Lipinski definition) is 4. The standard InChI is InChI=1S/C11H13NO4/c1-12(11(13)14-2)8-3-4-9-10(7-8)16-6-5-15-9/h3-4,7H,5-6H2,1-2H3. The second kappa shape index (κ2) is 4.30. The van der Waals surface area contributed by atoms with Gasteiger partial charge in [0.2, 0.25) is 0 Å². The molecule has 5 heteroatoms. The Morgan fingerprint density at radius 1 is 1.31 bits per heavy atom. The molecule has 1 amide bonds. The smallest absolute Gasteiger partial charge is 0.413 e. The Morgan fingerprint density at radius 2 is 2.00 bits per heavy atom. The number of amides is 1. The quantitative estimate of drug-likeness (QED) is 0.726. The summed E-state index contributed by atoms with van der Waals surface area (Å²) in [7, 11) is 2.98. The topological polar surface area (TPSA) is 48.0 Å². The fraction of sp³-hybridized carbons (Fsp3) is 0.364. The molecule has 16 heavy (non-hydrogen) atoms. The number of methoxy groups -OCH3 is 1. The number of hydrogen-bond donors (Lipinski definition) is 0. The molecule has 1 aliphatic rings. The Morgan fingerprint density at radius 3 is 2.69 bits per heavy atom. The van der Waals surface area contributed by atoms with E-state index in [2.05, 4.69) is 4.74 Å². The van der Waals surface area contributed by atoms with E-state index in [4.69, 9.17) is 9.47 Å². The molecule has 0 fully saturated rings. The largest absolute Gasteiger partial charge is 0.486 e. The zero-order chi connectivity index (χ0) is 11.5. The highest BCUT2D eigenvalue weighted by atomic mass is 16.6. The first kappa shape index (κ1) is 10.6. The van der Waals surface area contributed by atoms with Crippen LogP contribution in [0.4, 0.5) is 10.5 Å². The second-order valence-electron chi connectivity index (χ2n) is 3.36. The lowest BCUT2D eigenvalue weighted by Crippen LogP contribution is -2.26. The van der Waals surface area contributed by atoms with Gasteiger partial charge in [0.05, 0.1) is 12.8 Å². The molecule has 0 bridgehead atoms. The van der Waals surface area contributed by atoms with E-state index < -0.39 is 6.09 Å². The molecule has 0 unspecified atom stereocenters. The molecule has 1 aromatic carbocycles. The molecular formula is C11H13NO4. The average Bonchev–Trinajstić information content (AvgIpc) is 2.36. The average molecular weight is 223 g/mol. The number of nitrogens with zero attached hydrogens (tertiary/aromatic N) is 1. The van der Waals surface area contributed by atoms with Gasteiger partial charge in [0.25, 0.3) is 0 Å². The number of ether oxygens (including phenoxy) is 3. The van der Waals surface area contributed by atoms with E-state index in [9.17, 15) is 4.79 Å². The monoisotopic (exact) mass is 223 g/mol. The van der Waals surface area contributed by atoms with Gasteiger partial charge in [-0.15, -0.1) is 0 Å². The Labute approximate surface area is 93.5 Å². The fourth-order valence-electron chi connectivity index (χ4n) is 1.48. The molecular weight excluding hydrogens is 210 g/mol. The minimum Gasteiger partial charge on any atom is -0.486 e.